The van der Waals surface area contributed by atoms with Crippen molar-refractivity contribution < 1.29 is 19.1 Å². The monoisotopic (exact) mass is 354 g/mol. The highest BCUT2D eigenvalue weighted by molar-refractivity contribution is 5.84. The lowest BCUT2D eigenvalue weighted by Crippen LogP contribution is -2.51. The van der Waals surface area contributed by atoms with Crippen molar-refractivity contribution in [3.8, 4) is 0 Å². The number of ether oxygens (including phenoxy) is 1. The van der Waals surface area contributed by atoms with Crippen molar-refractivity contribution in [2.24, 2.45) is 0 Å². The normalized spacial score (nSPS) is 20.4. The van der Waals surface area contributed by atoms with Gasteiger partial charge >= 0.3 is 12.1 Å². The fourth-order valence-electron chi connectivity index (χ4n) is 3.41. The largest absolute Gasteiger partial charge is 0.441 e. The molecule has 0 radical (unpaired) electrons. The number of hydrogen-bond donors (Lipinski definition) is 1. The maximum absolute atomic E-state index is 12.2. The van der Waals surface area contributed by atoms with Gasteiger partial charge in [-0.05, 0) is 13.3 Å². The smallest absolute Gasteiger partial charge is 0.410 e. The predicted octanol–water partition coefficient (Wildman–Crippen LogP) is 1.26. The van der Waals surface area contributed by atoms with E-state index < -0.39 is 5.60 Å². The van der Waals surface area contributed by atoms with E-state index in [2.05, 4.69) is 19.2 Å². The van der Waals surface area contributed by atoms with Crippen molar-refractivity contribution in [2.75, 3.05) is 40.3 Å². The van der Waals surface area contributed by atoms with Crippen LogP contribution in [0, 0.1) is 0 Å². The number of amides is 4. The Bertz CT molecular complexity index is 515. The van der Waals surface area contributed by atoms with Crippen LogP contribution in [0.15, 0.2) is 0 Å². The van der Waals surface area contributed by atoms with Crippen LogP contribution in [0.3, 0.4) is 0 Å². The summed E-state index contributed by atoms with van der Waals surface area (Å²) in [5.41, 5.74) is -0.469. The number of piperidine rings is 1. The molecule has 1 spiro atoms. The molecule has 2 aliphatic rings. The van der Waals surface area contributed by atoms with Crippen LogP contribution in [0.2, 0.25) is 0 Å². The van der Waals surface area contributed by atoms with Crippen molar-refractivity contribution in [1.29, 1.82) is 0 Å². The maximum atomic E-state index is 12.2. The van der Waals surface area contributed by atoms with E-state index in [0.717, 1.165) is 12.8 Å². The van der Waals surface area contributed by atoms with Crippen LogP contribution in [0.1, 0.15) is 39.5 Å². The Labute approximate surface area is 149 Å². The van der Waals surface area contributed by atoms with Crippen LogP contribution >= 0.6 is 0 Å². The van der Waals surface area contributed by atoms with E-state index in [9.17, 15) is 14.4 Å². The lowest BCUT2D eigenvalue weighted by atomic mass is 9.91. The number of carbonyl (C=O) groups excluding carboxylic acids is 3. The minimum atomic E-state index is -0.469. The van der Waals surface area contributed by atoms with Gasteiger partial charge in [0.15, 0.2) is 0 Å². The molecular formula is C17H30N4O4. The molecule has 0 saturated carbocycles. The first kappa shape index (κ1) is 19.3. The summed E-state index contributed by atoms with van der Waals surface area (Å²) in [7, 11) is 3.26. The minimum Gasteiger partial charge on any atom is -0.441 e. The quantitative estimate of drug-likeness (QED) is 0.806. The van der Waals surface area contributed by atoms with Gasteiger partial charge in [-0.3, -0.25) is 4.79 Å². The minimum absolute atomic E-state index is 0.0105. The van der Waals surface area contributed by atoms with Crippen molar-refractivity contribution in [3.63, 3.8) is 0 Å². The van der Waals surface area contributed by atoms with E-state index in [4.69, 9.17) is 4.74 Å². The second-order valence-electron chi connectivity index (χ2n) is 7.25. The van der Waals surface area contributed by atoms with E-state index in [1.165, 1.54) is 4.90 Å². The molecule has 0 aliphatic carbocycles. The zero-order valence-corrected chi connectivity index (χ0v) is 15.7. The molecule has 2 rings (SSSR count). The molecule has 25 heavy (non-hydrogen) atoms. The molecule has 0 bridgehead atoms. The highest BCUT2D eigenvalue weighted by atomic mass is 16.6. The van der Waals surface area contributed by atoms with Crippen LogP contribution in [-0.2, 0) is 9.53 Å². The number of nitrogens with zero attached hydrogens (tertiary/aromatic N) is 3. The van der Waals surface area contributed by atoms with Gasteiger partial charge in [0, 0.05) is 46.1 Å². The first-order chi connectivity index (χ1) is 11.8. The zero-order valence-electron chi connectivity index (χ0n) is 15.7. The summed E-state index contributed by atoms with van der Waals surface area (Å²) in [6.45, 7) is 5.83. The van der Waals surface area contributed by atoms with Gasteiger partial charge in [0.1, 0.15) is 5.60 Å². The SMILES string of the molecule is CCCC(C)N1CC2(CCN(C(=O)CNC(=O)N(C)C)CC2)OC1=O. The number of likely N-dealkylation sites (tertiary alicyclic amines) is 1. The number of nitrogens with one attached hydrogen (secondary N) is 1. The van der Waals surface area contributed by atoms with Crippen molar-refractivity contribution in [3.05, 3.63) is 0 Å². The summed E-state index contributed by atoms with van der Waals surface area (Å²) >= 11 is 0. The molecule has 8 nitrogen and oxygen atoms in total. The van der Waals surface area contributed by atoms with Crippen LogP contribution in [0.4, 0.5) is 9.59 Å². The molecule has 0 aromatic carbocycles. The Morgan fingerprint density at radius 1 is 1.32 bits per heavy atom. The Balaban J connectivity index is 1.84. The van der Waals surface area contributed by atoms with Gasteiger partial charge in [-0.25, -0.2) is 9.59 Å². The molecule has 2 aliphatic heterocycles. The highest BCUT2D eigenvalue weighted by Crippen LogP contribution is 2.34. The van der Waals surface area contributed by atoms with Crippen molar-refractivity contribution in [1.82, 2.24) is 20.0 Å². The average Bonchev–Trinajstić information content (AvgIpc) is 2.89. The standard InChI is InChI=1S/C17H30N4O4/c1-5-6-13(2)21-12-17(25-16(21)24)7-9-20(10-8-17)14(22)11-18-15(23)19(3)4/h13H,5-12H2,1-4H3,(H,18,23). The first-order valence-electron chi connectivity index (χ1n) is 9.00. The summed E-state index contributed by atoms with van der Waals surface area (Å²) in [6.07, 6.45) is 3.03. The fraction of sp³-hybridized carbons (Fsp3) is 0.824. The van der Waals surface area contributed by atoms with Gasteiger partial charge in [-0.2, -0.15) is 0 Å². The predicted molar refractivity (Wildman–Crippen MR) is 93.2 cm³/mol. The van der Waals surface area contributed by atoms with E-state index >= 15 is 0 Å². The van der Waals surface area contributed by atoms with Crippen molar-refractivity contribution >= 4 is 18.0 Å². The fourth-order valence-corrected chi connectivity index (χ4v) is 3.41. The van der Waals surface area contributed by atoms with E-state index in [1.54, 1.807) is 19.0 Å². The molecule has 2 heterocycles. The summed E-state index contributed by atoms with van der Waals surface area (Å²) in [5.74, 6) is -0.106. The molecule has 1 N–H and O–H groups in total. The summed E-state index contributed by atoms with van der Waals surface area (Å²) in [6, 6.07) is -0.107. The van der Waals surface area contributed by atoms with Crippen LogP contribution in [0.25, 0.3) is 0 Å². The van der Waals surface area contributed by atoms with E-state index in [-0.39, 0.29) is 30.6 Å². The van der Waals surface area contributed by atoms with Gasteiger partial charge < -0.3 is 24.8 Å². The van der Waals surface area contributed by atoms with Gasteiger partial charge in [0.05, 0.1) is 13.1 Å². The third-order valence-electron chi connectivity index (χ3n) is 5.06. The summed E-state index contributed by atoms with van der Waals surface area (Å²) in [4.78, 5) is 40.9. The van der Waals surface area contributed by atoms with Gasteiger partial charge in [0.2, 0.25) is 5.91 Å². The Morgan fingerprint density at radius 2 is 1.96 bits per heavy atom. The molecular weight excluding hydrogens is 324 g/mol. The molecule has 0 aromatic rings. The lowest BCUT2D eigenvalue weighted by Gasteiger charge is -2.37. The Hall–Kier alpha value is -1.99. The second kappa shape index (κ2) is 7.93. The second-order valence-corrected chi connectivity index (χ2v) is 7.25. The van der Waals surface area contributed by atoms with E-state index in [0.29, 0.717) is 32.5 Å². The van der Waals surface area contributed by atoms with Crippen LogP contribution in [0.5, 0.6) is 0 Å². The summed E-state index contributed by atoms with van der Waals surface area (Å²) < 4.78 is 5.70. The third-order valence-corrected chi connectivity index (χ3v) is 5.06. The van der Waals surface area contributed by atoms with Gasteiger partial charge in [0.25, 0.3) is 0 Å². The third kappa shape index (κ3) is 4.55. The molecule has 142 valence electrons. The molecule has 1 atom stereocenters. The Kier molecular flexibility index (Phi) is 6.13. The number of urea groups is 1. The molecule has 2 saturated heterocycles. The maximum Gasteiger partial charge on any atom is 0.410 e. The average molecular weight is 354 g/mol. The van der Waals surface area contributed by atoms with Crippen molar-refractivity contribution in [2.45, 2.75) is 51.2 Å². The zero-order chi connectivity index (χ0) is 18.6. The Morgan fingerprint density at radius 3 is 2.52 bits per heavy atom. The number of rotatable bonds is 5. The van der Waals surface area contributed by atoms with Crippen LogP contribution < -0.4 is 5.32 Å². The van der Waals surface area contributed by atoms with Crippen LogP contribution in [-0.4, -0.2) is 84.6 Å². The molecule has 2 fully saturated rings. The molecule has 4 amide bonds. The number of hydrogen-bond acceptors (Lipinski definition) is 4. The molecule has 0 aromatic heterocycles. The highest BCUT2D eigenvalue weighted by Gasteiger charge is 2.48. The molecule has 1 unspecified atom stereocenters. The molecule has 8 heteroatoms. The van der Waals surface area contributed by atoms with Gasteiger partial charge in [-0.1, -0.05) is 13.3 Å². The summed E-state index contributed by atoms with van der Waals surface area (Å²) in [5, 5.41) is 2.59. The number of carbonyl (C=O) groups is 3. The van der Waals surface area contributed by atoms with Gasteiger partial charge in [-0.15, -0.1) is 0 Å². The first-order valence-corrected chi connectivity index (χ1v) is 9.00. The lowest BCUT2D eigenvalue weighted by molar-refractivity contribution is -0.133. The van der Waals surface area contributed by atoms with E-state index in [1.807, 2.05) is 4.90 Å². The topological polar surface area (TPSA) is 82.2 Å².